The first-order valence-electron chi connectivity index (χ1n) is 10.6. The summed E-state index contributed by atoms with van der Waals surface area (Å²) in [5, 5.41) is 0. The molecule has 0 saturated carbocycles. The van der Waals surface area contributed by atoms with Crippen LogP contribution in [-0.4, -0.2) is 51.0 Å². The number of hydrogen-bond donors (Lipinski definition) is 0. The average molecular weight is 432 g/mol. The van der Waals surface area contributed by atoms with Gasteiger partial charge < -0.3 is 9.64 Å². The summed E-state index contributed by atoms with van der Waals surface area (Å²) in [5.74, 6) is 1.44. The normalized spacial score (nSPS) is 20.7. The van der Waals surface area contributed by atoms with Gasteiger partial charge >= 0.3 is 0 Å². The number of alkyl halides is 1. The van der Waals surface area contributed by atoms with Crippen molar-refractivity contribution in [3.63, 3.8) is 0 Å². The Labute approximate surface area is 179 Å². The van der Waals surface area contributed by atoms with Crippen molar-refractivity contribution >= 4 is 9.84 Å². The summed E-state index contributed by atoms with van der Waals surface area (Å²) in [6, 6.07) is 13.2. The van der Waals surface area contributed by atoms with Crippen LogP contribution in [0.5, 0.6) is 5.75 Å². The van der Waals surface area contributed by atoms with Crippen LogP contribution in [0.15, 0.2) is 47.4 Å². The number of likely N-dealkylation sites (tertiary alicyclic amines) is 1. The van der Waals surface area contributed by atoms with Crippen LogP contribution in [-0.2, 0) is 16.3 Å². The number of rotatable bonds is 5. The van der Waals surface area contributed by atoms with Crippen LogP contribution in [0.1, 0.15) is 32.3 Å². The first kappa shape index (κ1) is 21.3. The molecule has 4 rings (SSSR count). The van der Waals surface area contributed by atoms with Gasteiger partial charge in [0.1, 0.15) is 17.5 Å². The number of sulfone groups is 1. The Bertz CT molecular complexity index is 1000. The summed E-state index contributed by atoms with van der Waals surface area (Å²) < 4.78 is 43.5. The zero-order valence-corrected chi connectivity index (χ0v) is 18.7. The first-order chi connectivity index (χ1) is 14.1. The van der Waals surface area contributed by atoms with E-state index in [4.69, 9.17) is 4.74 Å². The minimum Gasteiger partial charge on any atom is -0.490 e. The fourth-order valence-corrected chi connectivity index (χ4v) is 5.26. The van der Waals surface area contributed by atoms with E-state index in [1.54, 1.807) is 26.0 Å². The van der Waals surface area contributed by atoms with Crippen molar-refractivity contribution in [1.82, 2.24) is 4.90 Å². The molecule has 1 unspecified atom stereocenters. The average Bonchev–Trinajstić information content (AvgIpc) is 3.10. The Morgan fingerprint density at radius 3 is 2.30 bits per heavy atom. The largest absolute Gasteiger partial charge is 0.490 e. The smallest absolute Gasteiger partial charge is 0.175 e. The topological polar surface area (TPSA) is 46.6 Å². The summed E-state index contributed by atoms with van der Waals surface area (Å²) in [5.41, 5.74) is 2.12. The molecule has 2 aromatic carbocycles. The maximum Gasteiger partial charge on any atom is 0.175 e. The van der Waals surface area contributed by atoms with Crippen molar-refractivity contribution in [3.05, 3.63) is 48.0 Å². The van der Waals surface area contributed by atoms with Crippen molar-refractivity contribution in [2.75, 3.05) is 25.9 Å². The quantitative estimate of drug-likeness (QED) is 0.698. The van der Waals surface area contributed by atoms with Crippen molar-refractivity contribution in [2.24, 2.45) is 5.92 Å². The van der Waals surface area contributed by atoms with E-state index in [2.05, 4.69) is 11.0 Å². The highest BCUT2D eigenvalue weighted by Crippen LogP contribution is 2.37. The number of nitrogens with zero attached hydrogens (tertiary/aromatic N) is 1. The number of hydrogen-bond acceptors (Lipinski definition) is 4. The summed E-state index contributed by atoms with van der Waals surface area (Å²) in [4.78, 5) is 2.55. The molecule has 30 heavy (non-hydrogen) atoms. The van der Waals surface area contributed by atoms with Crippen molar-refractivity contribution in [1.29, 1.82) is 0 Å². The van der Waals surface area contributed by atoms with Gasteiger partial charge in [-0.2, -0.15) is 0 Å². The zero-order valence-electron chi connectivity index (χ0n) is 17.9. The Morgan fingerprint density at radius 2 is 1.70 bits per heavy atom. The van der Waals surface area contributed by atoms with E-state index in [1.807, 2.05) is 24.3 Å². The highest BCUT2D eigenvalue weighted by atomic mass is 32.2. The molecule has 2 aromatic rings. The van der Waals surface area contributed by atoms with Gasteiger partial charge in [0, 0.05) is 19.2 Å². The van der Waals surface area contributed by atoms with E-state index in [9.17, 15) is 12.8 Å². The van der Waals surface area contributed by atoms with Crippen LogP contribution in [0, 0.1) is 5.92 Å². The number of piperidine rings is 1. The molecule has 1 saturated heterocycles. The standard InChI is InChI=1S/C24H30FNO3S/c1-24(2,25)16-26-12-10-18(11-13-26)23-15-20-14-19(6-9-22(20)29-23)17-4-7-21(8-5-17)30(3,27)28/h4-9,14,18,23H,10-13,15-16H2,1-3H3. The highest BCUT2D eigenvalue weighted by Gasteiger charge is 2.34. The molecule has 0 radical (unpaired) electrons. The van der Waals surface area contributed by atoms with E-state index < -0.39 is 15.5 Å². The van der Waals surface area contributed by atoms with Gasteiger partial charge in [-0.25, -0.2) is 12.8 Å². The summed E-state index contributed by atoms with van der Waals surface area (Å²) in [6.45, 7) is 5.62. The molecule has 162 valence electrons. The van der Waals surface area contributed by atoms with Gasteiger partial charge in [-0.05, 0) is 86.7 Å². The molecule has 2 aliphatic heterocycles. The van der Waals surface area contributed by atoms with Crippen LogP contribution >= 0.6 is 0 Å². The molecule has 0 aliphatic carbocycles. The van der Waals surface area contributed by atoms with Crippen LogP contribution in [0.4, 0.5) is 4.39 Å². The van der Waals surface area contributed by atoms with Gasteiger partial charge in [0.05, 0.1) is 4.90 Å². The predicted octanol–water partition coefficient (Wildman–Crippen LogP) is 4.52. The predicted molar refractivity (Wildman–Crippen MR) is 117 cm³/mol. The third-order valence-corrected chi connectivity index (χ3v) is 7.26. The van der Waals surface area contributed by atoms with Gasteiger partial charge in [0.15, 0.2) is 9.84 Å². The van der Waals surface area contributed by atoms with Gasteiger partial charge in [-0.1, -0.05) is 18.2 Å². The van der Waals surface area contributed by atoms with E-state index in [1.165, 1.54) is 11.8 Å². The second-order valence-corrected chi connectivity index (χ2v) is 11.3. The first-order valence-corrected chi connectivity index (χ1v) is 12.5. The number of halogens is 1. The molecule has 1 fully saturated rings. The molecule has 0 spiro atoms. The van der Waals surface area contributed by atoms with Crippen LogP contribution in [0.3, 0.4) is 0 Å². The SMILES string of the molecule is CC(C)(F)CN1CCC(C2Cc3cc(-c4ccc(S(C)(=O)=O)cc4)ccc3O2)CC1. The summed E-state index contributed by atoms with van der Waals surface area (Å²) >= 11 is 0. The van der Waals surface area contributed by atoms with Crippen molar-refractivity contribution in [2.45, 2.75) is 49.8 Å². The van der Waals surface area contributed by atoms with E-state index in [0.717, 1.165) is 49.2 Å². The molecule has 6 heteroatoms. The third-order valence-electron chi connectivity index (χ3n) is 6.13. The lowest BCUT2D eigenvalue weighted by Gasteiger charge is -2.36. The Balaban J connectivity index is 1.41. The molecular formula is C24H30FNO3S. The summed E-state index contributed by atoms with van der Waals surface area (Å²) in [6.07, 6.45) is 4.37. The third kappa shape index (κ3) is 4.86. The number of ether oxygens (including phenoxy) is 1. The maximum atomic E-state index is 13.9. The van der Waals surface area contributed by atoms with Gasteiger partial charge in [0.2, 0.25) is 0 Å². The van der Waals surface area contributed by atoms with Crippen molar-refractivity contribution < 1.29 is 17.5 Å². The van der Waals surface area contributed by atoms with Gasteiger partial charge in [-0.15, -0.1) is 0 Å². The lowest BCUT2D eigenvalue weighted by molar-refractivity contribution is 0.0606. The number of fused-ring (bicyclic) bond motifs is 1. The van der Waals surface area contributed by atoms with E-state index >= 15 is 0 Å². The Kier molecular flexibility index (Phi) is 5.66. The minimum absolute atomic E-state index is 0.184. The van der Waals surface area contributed by atoms with Crippen LogP contribution < -0.4 is 4.74 Å². The molecule has 0 amide bonds. The molecule has 0 bridgehead atoms. The Morgan fingerprint density at radius 1 is 1.07 bits per heavy atom. The fourth-order valence-electron chi connectivity index (χ4n) is 4.63. The van der Waals surface area contributed by atoms with Gasteiger partial charge in [0.25, 0.3) is 0 Å². The van der Waals surface area contributed by atoms with E-state index in [0.29, 0.717) is 17.4 Å². The van der Waals surface area contributed by atoms with Gasteiger partial charge in [-0.3, -0.25) is 0 Å². The molecule has 4 nitrogen and oxygen atoms in total. The van der Waals surface area contributed by atoms with Crippen LogP contribution in [0.2, 0.25) is 0 Å². The Hall–Kier alpha value is -1.92. The maximum absolute atomic E-state index is 13.9. The van der Waals surface area contributed by atoms with E-state index in [-0.39, 0.29) is 6.10 Å². The van der Waals surface area contributed by atoms with Crippen molar-refractivity contribution in [3.8, 4) is 16.9 Å². The monoisotopic (exact) mass is 431 g/mol. The lowest BCUT2D eigenvalue weighted by atomic mass is 9.88. The molecule has 0 N–H and O–H groups in total. The second-order valence-electron chi connectivity index (χ2n) is 9.31. The van der Waals surface area contributed by atoms with Crippen LogP contribution in [0.25, 0.3) is 11.1 Å². The summed E-state index contributed by atoms with van der Waals surface area (Å²) in [7, 11) is -3.19. The molecule has 1 atom stereocenters. The highest BCUT2D eigenvalue weighted by molar-refractivity contribution is 7.90. The molecule has 2 heterocycles. The minimum atomic E-state index is -3.19. The zero-order chi connectivity index (χ0) is 21.5. The molecular weight excluding hydrogens is 401 g/mol. The number of benzene rings is 2. The fraction of sp³-hybridized carbons (Fsp3) is 0.500. The molecule has 0 aromatic heterocycles. The molecule has 2 aliphatic rings. The second kappa shape index (κ2) is 7.97. The lowest BCUT2D eigenvalue weighted by Crippen LogP contribution is -2.43.